The van der Waals surface area contributed by atoms with Crippen LogP contribution in [-0.4, -0.2) is 10.2 Å². The van der Waals surface area contributed by atoms with Crippen LogP contribution >= 0.6 is 70.4 Å². The lowest BCUT2D eigenvalue weighted by Crippen LogP contribution is -2.27. The number of carbonyl (C=O) groups is 1. The Balaban J connectivity index is 1.52. The van der Waals surface area contributed by atoms with E-state index in [9.17, 15) is 4.79 Å². The topological polar surface area (TPSA) is 29.5 Å². The van der Waals surface area contributed by atoms with Crippen molar-refractivity contribution < 1.29 is 9.53 Å². The molecule has 0 radical (unpaired) electrons. The molecule has 3 aromatic carbocycles. The Bertz CT molecular complexity index is 1260. The molecule has 0 N–H and O–H groups in total. The summed E-state index contributed by atoms with van der Waals surface area (Å²) in [6.07, 6.45) is 1.78. The summed E-state index contributed by atoms with van der Waals surface area (Å²) >= 11 is 30.9. The van der Waals surface area contributed by atoms with Crippen LogP contribution in [-0.2, 0) is 11.4 Å². The van der Waals surface area contributed by atoms with Crippen molar-refractivity contribution >= 4 is 92.4 Å². The molecule has 1 fully saturated rings. The van der Waals surface area contributed by atoms with Crippen LogP contribution in [0.3, 0.4) is 0 Å². The van der Waals surface area contributed by atoms with E-state index in [1.807, 2.05) is 30.3 Å². The van der Waals surface area contributed by atoms with Crippen molar-refractivity contribution in [1.29, 1.82) is 0 Å². The van der Waals surface area contributed by atoms with E-state index >= 15 is 0 Å². The Morgan fingerprint density at radius 1 is 0.938 bits per heavy atom. The van der Waals surface area contributed by atoms with Gasteiger partial charge >= 0.3 is 0 Å². The van der Waals surface area contributed by atoms with Gasteiger partial charge in [0.1, 0.15) is 12.4 Å². The lowest BCUT2D eigenvalue weighted by molar-refractivity contribution is -0.113. The van der Waals surface area contributed by atoms with Gasteiger partial charge in [-0.2, -0.15) is 0 Å². The Morgan fingerprint density at radius 2 is 1.75 bits per heavy atom. The number of rotatable bonds is 5. The summed E-state index contributed by atoms with van der Waals surface area (Å²) in [5, 5.41) is 1.87. The Hall–Kier alpha value is -1.73. The van der Waals surface area contributed by atoms with Gasteiger partial charge < -0.3 is 4.74 Å². The molecule has 0 aromatic heterocycles. The maximum atomic E-state index is 13.0. The van der Waals surface area contributed by atoms with E-state index in [0.717, 1.165) is 11.1 Å². The van der Waals surface area contributed by atoms with Crippen LogP contribution in [0.4, 0.5) is 5.69 Å². The summed E-state index contributed by atoms with van der Waals surface area (Å²) < 4.78 is 6.29. The first kappa shape index (κ1) is 23.4. The number of amides is 1. The summed E-state index contributed by atoms with van der Waals surface area (Å²) in [5.74, 6) is 0.419. The fraction of sp³-hybridized carbons (Fsp3) is 0.0435. The number of halogens is 4. The molecule has 162 valence electrons. The van der Waals surface area contributed by atoms with Gasteiger partial charge in [0.05, 0.1) is 20.6 Å². The summed E-state index contributed by atoms with van der Waals surface area (Å²) in [6, 6.07) is 17.6. The number of thiocarbonyl (C=S) groups is 1. The van der Waals surface area contributed by atoms with Crippen LogP contribution < -0.4 is 9.64 Å². The number of benzene rings is 3. The quantitative estimate of drug-likeness (QED) is 0.240. The fourth-order valence-corrected chi connectivity index (χ4v) is 5.01. The van der Waals surface area contributed by atoms with Crippen molar-refractivity contribution in [1.82, 2.24) is 0 Å². The van der Waals surface area contributed by atoms with Crippen LogP contribution in [0.2, 0.25) is 20.1 Å². The molecule has 3 aromatic rings. The molecule has 32 heavy (non-hydrogen) atoms. The highest BCUT2D eigenvalue weighted by Crippen LogP contribution is 2.38. The Labute approximate surface area is 214 Å². The lowest BCUT2D eigenvalue weighted by atomic mass is 10.2. The van der Waals surface area contributed by atoms with Gasteiger partial charge in [-0.25, -0.2) is 0 Å². The third-order valence-corrected chi connectivity index (χ3v) is 7.15. The number of thioether (sulfide) groups is 1. The molecular formula is C23H13Cl4NO2S2. The van der Waals surface area contributed by atoms with Crippen molar-refractivity contribution in [2.75, 3.05) is 4.90 Å². The standard InChI is InChI=1S/C23H13Cl4NO2S2/c24-15-5-4-14(19(26)10-15)12-30-17-3-1-2-13(8-17)9-21-22(29)28(23(31)32-21)16-6-7-18(25)20(27)11-16/h1-11H,12H2/b21-9-. The van der Waals surface area contributed by atoms with E-state index in [4.69, 9.17) is 63.4 Å². The predicted octanol–water partition coefficient (Wildman–Crippen LogP) is 8.29. The Kier molecular flexibility index (Phi) is 7.35. The van der Waals surface area contributed by atoms with Crippen molar-refractivity contribution in [2.45, 2.75) is 6.61 Å². The molecular weight excluding hydrogens is 528 g/mol. The molecule has 1 aliphatic heterocycles. The smallest absolute Gasteiger partial charge is 0.270 e. The van der Waals surface area contributed by atoms with Crippen LogP contribution in [0.25, 0.3) is 6.08 Å². The van der Waals surface area contributed by atoms with E-state index in [0.29, 0.717) is 47.4 Å². The normalized spacial score (nSPS) is 15.0. The van der Waals surface area contributed by atoms with Gasteiger partial charge in [0.2, 0.25) is 0 Å². The molecule has 1 amide bonds. The molecule has 0 aliphatic carbocycles. The third kappa shape index (κ3) is 5.25. The van der Waals surface area contributed by atoms with Crippen LogP contribution in [0.15, 0.2) is 65.6 Å². The van der Waals surface area contributed by atoms with E-state index in [-0.39, 0.29) is 5.91 Å². The molecule has 1 saturated heterocycles. The van der Waals surface area contributed by atoms with Crippen LogP contribution in [0, 0.1) is 0 Å². The van der Waals surface area contributed by atoms with Gasteiger partial charge in [0.25, 0.3) is 5.91 Å². The van der Waals surface area contributed by atoms with Crippen molar-refractivity contribution in [2.24, 2.45) is 0 Å². The minimum absolute atomic E-state index is 0.224. The number of anilines is 1. The van der Waals surface area contributed by atoms with Gasteiger partial charge in [0, 0.05) is 15.6 Å². The number of hydrogen-bond donors (Lipinski definition) is 0. The molecule has 0 atom stereocenters. The average molecular weight is 541 g/mol. The van der Waals surface area contributed by atoms with E-state index < -0.39 is 0 Å². The Morgan fingerprint density at radius 3 is 2.50 bits per heavy atom. The molecule has 0 spiro atoms. The molecule has 9 heteroatoms. The molecule has 0 unspecified atom stereocenters. The van der Waals surface area contributed by atoms with E-state index in [2.05, 4.69) is 0 Å². The zero-order chi connectivity index (χ0) is 22.8. The second-order valence-corrected chi connectivity index (χ2v) is 10.0. The van der Waals surface area contributed by atoms with Gasteiger partial charge in [-0.1, -0.05) is 88.6 Å². The maximum absolute atomic E-state index is 13.0. The van der Waals surface area contributed by atoms with E-state index in [1.165, 1.54) is 16.7 Å². The minimum atomic E-state index is -0.224. The van der Waals surface area contributed by atoms with Crippen LogP contribution in [0.5, 0.6) is 5.75 Å². The summed E-state index contributed by atoms with van der Waals surface area (Å²) in [7, 11) is 0. The summed E-state index contributed by atoms with van der Waals surface area (Å²) in [6.45, 7) is 0.291. The maximum Gasteiger partial charge on any atom is 0.270 e. The lowest BCUT2D eigenvalue weighted by Gasteiger charge is -2.15. The van der Waals surface area contributed by atoms with E-state index in [1.54, 1.807) is 36.4 Å². The number of nitrogens with zero attached hydrogens (tertiary/aromatic N) is 1. The second kappa shape index (κ2) is 10.0. The van der Waals surface area contributed by atoms with Crippen molar-refractivity contribution in [3.05, 3.63) is 96.8 Å². The molecule has 1 heterocycles. The number of carbonyl (C=O) groups excluding carboxylic acids is 1. The zero-order valence-corrected chi connectivity index (χ0v) is 20.8. The highest BCUT2D eigenvalue weighted by molar-refractivity contribution is 8.27. The van der Waals surface area contributed by atoms with Crippen molar-refractivity contribution in [3.63, 3.8) is 0 Å². The van der Waals surface area contributed by atoms with Crippen molar-refractivity contribution in [3.8, 4) is 5.75 Å². The van der Waals surface area contributed by atoms with Gasteiger partial charge in [-0.3, -0.25) is 9.69 Å². The van der Waals surface area contributed by atoms with Gasteiger partial charge in [-0.05, 0) is 54.1 Å². The highest BCUT2D eigenvalue weighted by atomic mass is 35.5. The summed E-state index contributed by atoms with van der Waals surface area (Å²) in [4.78, 5) is 14.9. The van der Waals surface area contributed by atoms with Gasteiger partial charge in [0.15, 0.2) is 4.32 Å². The second-order valence-electron chi connectivity index (χ2n) is 6.71. The molecule has 0 saturated carbocycles. The monoisotopic (exact) mass is 539 g/mol. The SMILES string of the molecule is O=C1/C(=C/c2cccc(OCc3ccc(Cl)cc3Cl)c2)SC(=S)N1c1ccc(Cl)c(Cl)c1. The number of hydrogen-bond acceptors (Lipinski definition) is 4. The third-order valence-electron chi connectivity index (χ3n) is 4.52. The highest BCUT2D eigenvalue weighted by Gasteiger charge is 2.33. The van der Waals surface area contributed by atoms with Crippen LogP contribution in [0.1, 0.15) is 11.1 Å². The number of ether oxygens (including phenoxy) is 1. The largest absolute Gasteiger partial charge is 0.489 e. The molecule has 3 nitrogen and oxygen atoms in total. The predicted molar refractivity (Wildman–Crippen MR) is 139 cm³/mol. The summed E-state index contributed by atoms with van der Waals surface area (Å²) in [5.41, 5.74) is 2.20. The average Bonchev–Trinajstić information content (AvgIpc) is 3.03. The first-order valence-corrected chi connectivity index (χ1v) is 12.0. The van der Waals surface area contributed by atoms with Gasteiger partial charge in [-0.15, -0.1) is 0 Å². The molecule has 1 aliphatic rings. The first-order chi connectivity index (χ1) is 15.3. The first-order valence-electron chi connectivity index (χ1n) is 9.21. The minimum Gasteiger partial charge on any atom is -0.489 e. The molecule has 4 rings (SSSR count). The molecule has 0 bridgehead atoms. The fourth-order valence-electron chi connectivity index (χ4n) is 2.96. The zero-order valence-electron chi connectivity index (χ0n) is 16.2.